The number of hydrogen-bond acceptors (Lipinski definition) is 0. The lowest BCUT2D eigenvalue weighted by Gasteiger charge is -1.59. The molecule has 3 nitrogen and oxygen atoms in total. The molecular formula is C4H6ClN3. The minimum absolute atomic E-state index is 0. The summed E-state index contributed by atoms with van der Waals surface area (Å²) in [5.41, 5.74) is 0. The van der Waals surface area contributed by atoms with E-state index in [4.69, 9.17) is 0 Å². The molecule has 0 spiro atoms. The fourth-order valence-electron chi connectivity index (χ4n) is 0.150. The molecule has 44 valence electrons. The Labute approximate surface area is 54.0 Å². The van der Waals surface area contributed by atoms with Crippen LogP contribution in [0.25, 0.3) is 0 Å². The Morgan fingerprint density at radius 2 is 1.62 bits per heavy atom. The largest absolute Gasteiger partial charge is 1.00 e. The summed E-state index contributed by atoms with van der Waals surface area (Å²) in [6, 6.07) is 0. The number of aliphatic imine (C=N–C) groups is 2. The molecule has 0 bridgehead atoms. The molecule has 0 unspecified atom stereocenters. The van der Waals surface area contributed by atoms with Crippen molar-refractivity contribution in [3.63, 3.8) is 0 Å². The average molecular weight is 132 g/mol. The third kappa shape index (κ3) is 3.28. The van der Waals surface area contributed by atoms with Crippen LogP contribution in [-0.2, 0) is 0 Å². The molecule has 0 fully saturated rings. The van der Waals surface area contributed by atoms with E-state index in [0.717, 1.165) is 0 Å². The van der Waals surface area contributed by atoms with E-state index in [1.54, 1.807) is 0 Å². The first-order chi connectivity index (χ1) is 3.35. The van der Waals surface area contributed by atoms with Crippen LogP contribution in [0.2, 0.25) is 0 Å². The van der Waals surface area contributed by atoms with E-state index in [2.05, 4.69) is 34.8 Å². The Bertz CT molecular complexity index is 124. The van der Waals surface area contributed by atoms with Gasteiger partial charge in [0.1, 0.15) is 6.72 Å². The van der Waals surface area contributed by atoms with Crippen LogP contribution in [0.3, 0.4) is 0 Å². The van der Waals surface area contributed by atoms with Crippen molar-refractivity contribution < 1.29 is 12.4 Å². The average Bonchev–Trinajstić information content (AvgIpc) is 1.72. The topological polar surface area (TPSA) is 38.8 Å². The Morgan fingerprint density at radius 1 is 1.25 bits per heavy atom. The lowest BCUT2D eigenvalue weighted by atomic mass is 11.0. The summed E-state index contributed by atoms with van der Waals surface area (Å²) in [5.74, 6) is 0.222. The number of guanidine groups is 1. The zero-order valence-electron chi connectivity index (χ0n) is 4.34. The first-order valence-corrected chi connectivity index (χ1v) is 1.62. The highest BCUT2D eigenvalue weighted by molar-refractivity contribution is 5.87. The maximum Gasteiger partial charge on any atom is 0.519 e. The van der Waals surface area contributed by atoms with Crippen molar-refractivity contribution >= 4 is 26.1 Å². The van der Waals surface area contributed by atoms with Gasteiger partial charge in [-0.05, 0) is 0 Å². The van der Waals surface area contributed by atoms with Gasteiger partial charge < -0.3 is 12.4 Å². The van der Waals surface area contributed by atoms with Crippen LogP contribution in [0.4, 0.5) is 0 Å². The fraction of sp³-hybridized carbons (Fsp3) is 0. The molecule has 0 aliphatic carbocycles. The lowest BCUT2D eigenvalue weighted by molar-refractivity contribution is -0.00000159. The molecule has 0 atom stereocenters. The molecule has 0 radical (unpaired) electrons. The van der Waals surface area contributed by atoms with Crippen molar-refractivity contribution in [3.8, 4) is 0 Å². The van der Waals surface area contributed by atoms with Crippen molar-refractivity contribution in [3.05, 3.63) is 0 Å². The van der Waals surface area contributed by atoms with Crippen LogP contribution >= 0.6 is 0 Å². The number of hydrogen-bond donors (Lipinski definition) is 0. The lowest BCUT2D eigenvalue weighted by Crippen LogP contribution is -3.00. The van der Waals surface area contributed by atoms with Gasteiger partial charge in [0, 0.05) is 0 Å². The molecule has 0 aromatic carbocycles. The second kappa shape index (κ2) is 6.08. The molecule has 0 rings (SSSR count). The summed E-state index contributed by atoms with van der Waals surface area (Å²) < 4.78 is 3.33. The van der Waals surface area contributed by atoms with Crippen molar-refractivity contribution in [2.45, 2.75) is 0 Å². The van der Waals surface area contributed by atoms with E-state index in [-0.39, 0.29) is 18.4 Å². The summed E-state index contributed by atoms with van der Waals surface area (Å²) >= 11 is 0. The zero-order chi connectivity index (χ0) is 5.70. The van der Waals surface area contributed by atoms with Crippen LogP contribution in [-0.4, -0.2) is 26.1 Å². The first-order valence-electron chi connectivity index (χ1n) is 1.62. The van der Waals surface area contributed by atoms with E-state index < -0.39 is 0 Å². The molecular weight excluding hydrogens is 126 g/mol. The first kappa shape index (κ1) is 10.1. The summed E-state index contributed by atoms with van der Waals surface area (Å²) in [5, 5.41) is 0. The minimum atomic E-state index is 0. The summed E-state index contributed by atoms with van der Waals surface area (Å²) in [6.07, 6.45) is 0. The molecule has 8 heavy (non-hydrogen) atoms. The second-order valence-electron chi connectivity index (χ2n) is 0.774. The quantitative estimate of drug-likeness (QED) is 0.186. The third-order valence-electron chi connectivity index (χ3n) is 0.424. The fourth-order valence-corrected chi connectivity index (χ4v) is 0.150. The minimum Gasteiger partial charge on any atom is -1.00 e. The van der Waals surface area contributed by atoms with Gasteiger partial charge in [0.05, 0.1) is 13.4 Å². The van der Waals surface area contributed by atoms with Crippen molar-refractivity contribution in [2.24, 2.45) is 9.98 Å². The molecule has 0 aliphatic rings. The SMILES string of the molecule is C=NC(N=C)=[N+]=C.[Cl-]. The van der Waals surface area contributed by atoms with Crippen LogP contribution in [0, 0.1) is 0 Å². The highest BCUT2D eigenvalue weighted by atomic mass is 35.5. The molecule has 4 heteroatoms. The molecule has 0 aromatic heterocycles. The van der Waals surface area contributed by atoms with Crippen molar-refractivity contribution in [2.75, 3.05) is 0 Å². The Morgan fingerprint density at radius 3 is 1.62 bits per heavy atom. The van der Waals surface area contributed by atoms with Crippen LogP contribution in [0.5, 0.6) is 0 Å². The molecule has 0 amide bonds. The molecule has 0 heterocycles. The molecule has 0 N–H and O–H groups in total. The normalized spacial score (nSPS) is 5.50. The summed E-state index contributed by atoms with van der Waals surface area (Å²) in [7, 11) is 0. The number of halogens is 1. The van der Waals surface area contributed by atoms with Gasteiger partial charge in [-0.1, -0.05) is 9.98 Å². The van der Waals surface area contributed by atoms with Gasteiger partial charge in [0.2, 0.25) is 0 Å². The van der Waals surface area contributed by atoms with Gasteiger partial charge in [0.15, 0.2) is 0 Å². The predicted octanol–water partition coefficient (Wildman–Crippen LogP) is -3.48. The van der Waals surface area contributed by atoms with Crippen LogP contribution < -0.4 is 17.1 Å². The van der Waals surface area contributed by atoms with Gasteiger partial charge in [-0.2, -0.15) is 0 Å². The molecule has 0 saturated heterocycles. The molecule has 0 aromatic rings. The van der Waals surface area contributed by atoms with E-state index in [0.29, 0.717) is 0 Å². The van der Waals surface area contributed by atoms with Gasteiger partial charge in [0.25, 0.3) is 0 Å². The van der Waals surface area contributed by atoms with E-state index in [1.807, 2.05) is 0 Å². The smallest absolute Gasteiger partial charge is 0.519 e. The number of nitrogens with zero attached hydrogens (tertiary/aromatic N) is 3. The monoisotopic (exact) mass is 131 g/mol. The van der Waals surface area contributed by atoms with Gasteiger partial charge >= 0.3 is 5.96 Å². The van der Waals surface area contributed by atoms with E-state index in [9.17, 15) is 0 Å². The van der Waals surface area contributed by atoms with Crippen LogP contribution in [0.15, 0.2) is 9.98 Å². The van der Waals surface area contributed by atoms with Gasteiger partial charge in [-0.25, -0.2) is 4.67 Å². The van der Waals surface area contributed by atoms with Crippen molar-refractivity contribution in [1.29, 1.82) is 0 Å². The van der Waals surface area contributed by atoms with Gasteiger partial charge in [-0.3, -0.25) is 0 Å². The third-order valence-corrected chi connectivity index (χ3v) is 0.424. The zero-order valence-corrected chi connectivity index (χ0v) is 5.10. The Kier molecular flexibility index (Phi) is 7.71. The van der Waals surface area contributed by atoms with E-state index in [1.165, 1.54) is 0 Å². The maximum absolute atomic E-state index is 3.33. The summed E-state index contributed by atoms with van der Waals surface area (Å²) in [4.78, 5) is 6.67. The van der Waals surface area contributed by atoms with E-state index >= 15 is 0 Å². The highest BCUT2D eigenvalue weighted by Crippen LogP contribution is 1.65. The standard InChI is InChI=1S/C4H6N3.ClH/c1-5-4(6-2)7-3;/h1-3H2;1H/q+1;/p-1. The van der Waals surface area contributed by atoms with Gasteiger partial charge in [-0.15, -0.1) is 0 Å². The van der Waals surface area contributed by atoms with Crippen LogP contribution in [0.1, 0.15) is 0 Å². The second-order valence-corrected chi connectivity index (χ2v) is 0.774. The van der Waals surface area contributed by atoms with Crippen molar-refractivity contribution in [1.82, 2.24) is 4.67 Å². The number of rotatable bonds is 0. The predicted molar refractivity (Wildman–Crippen MR) is 33.4 cm³/mol. The summed E-state index contributed by atoms with van der Waals surface area (Å²) in [6.45, 7) is 9.44. The highest BCUT2D eigenvalue weighted by Gasteiger charge is 1.94. The Hall–Kier alpha value is -0.920. The molecule has 0 aliphatic heterocycles. The molecule has 0 saturated carbocycles. The maximum atomic E-state index is 3.33. The Balaban J connectivity index is 0.